The first-order valence-electron chi connectivity index (χ1n) is 13.3. The Labute approximate surface area is 229 Å². The van der Waals surface area contributed by atoms with Crippen LogP contribution >= 0.6 is 0 Å². The van der Waals surface area contributed by atoms with Crippen molar-refractivity contribution in [2.24, 2.45) is 0 Å². The van der Waals surface area contributed by atoms with E-state index in [4.69, 9.17) is 5.73 Å². The standard InChI is InChI=1S/C31H37F2N5O/c1-4-27(9-7-22(2)19-37-12-5-6-13-37)36-30(39)23(3)28-16-25(8-10-29(28)34)26-15-24(17-35-18-26)20-38-14-11-31(32,33)21-38/h4,7-10,15-18H,2-3,5-6,11-14,19-21,34H2,1H3,(H,36,39)/b9-7-,27-4+. The van der Waals surface area contributed by atoms with Gasteiger partial charge in [0.05, 0.1) is 6.54 Å². The number of pyridine rings is 1. The Bertz CT molecular complexity index is 1290. The number of anilines is 1. The fourth-order valence-corrected chi connectivity index (χ4v) is 4.96. The van der Waals surface area contributed by atoms with Gasteiger partial charge in [0.2, 0.25) is 0 Å². The van der Waals surface area contributed by atoms with E-state index in [-0.39, 0.29) is 24.4 Å². The molecule has 2 aliphatic heterocycles. The highest BCUT2D eigenvalue weighted by atomic mass is 19.3. The summed E-state index contributed by atoms with van der Waals surface area (Å²) in [6, 6.07) is 7.32. The molecule has 2 aliphatic rings. The Morgan fingerprint density at radius 2 is 1.87 bits per heavy atom. The van der Waals surface area contributed by atoms with Crippen molar-refractivity contribution in [3.05, 3.63) is 90.4 Å². The molecule has 0 spiro atoms. The topological polar surface area (TPSA) is 74.5 Å². The molecule has 6 nitrogen and oxygen atoms in total. The number of alkyl halides is 2. The van der Waals surface area contributed by atoms with Crippen molar-refractivity contribution >= 4 is 17.2 Å². The fourth-order valence-electron chi connectivity index (χ4n) is 4.96. The van der Waals surface area contributed by atoms with E-state index in [1.807, 2.05) is 43.4 Å². The van der Waals surface area contributed by atoms with E-state index in [2.05, 4.69) is 28.4 Å². The van der Waals surface area contributed by atoms with Crippen LogP contribution in [-0.4, -0.2) is 59.3 Å². The summed E-state index contributed by atoms with van der Waals surface area (Å²) in [6.45, 7) is 13.5. The van der Waals surface area contributed by atoms with E-state index in [0.717, 1.165) is 41.9 Å². The summed E-state index contributed by atoms with van der Waals surface area (Å²) in [5.74, 6) is -2.99. The molecule has 39 heavy (non-hydrogen) atoms. The highest BCUT2D eigenvalue weighted by Gasteiger charge is 2.37. The SMILES string of the molecule is C=C(/C=C\C(=C/C)NC(=O)C(=C)c1cc(-c2cncc(CN3CCC(F)(F)C3)c2)ccc1N)CN1CCCC1. The van der Waals surface area contributed by atoms with E-state index in [9.17, 15) is 13.6 Å². The van der Waals surface area contributed by atoms with Crippen LogP contribution in [0.3, 0.4) is 0 Å². The number of amides is 1. The molecule has 1 aromatic heterocycles. The number of rotatable bonds is 10. The number of hydrogen-bond donors (Lipinski definition) is 2. The molecule has 1 amide bonds. The lowest BCUT2D eigenvalue weighted by molar-refractivity contribution is -0.114. The summed E-state index contributed by atoms with van der Waals surface area (Å²) in [7, 11) is 0. The maximum absolute atomic E-state index is 13.6. The van der Waals surface area contributed by atoms with Gasteiger partial charge in [-0.1, -0.05) is 31.4 Å². The van der Waals surface area contributed by atoms with Gasteiger partial charge in [-0.25, -0.2) is 8.78 Å². The number of carbonyl (C=O) groups excluding carboxylic acids is 1. The van der Waals surface area contributed by atoms with Gasteiger partial charge in [-0.15, -0.1) is 0 Å². The Balaban J connectivity index is 1.42. The van der Waals surface area contributed by atoms with Crippen LogP contribution in [0.4, 0.5) is 14.5 Å². The molecule has 2 aromatic rings. The average Bonchev–Trinajstić information content (AvgIpc) is 3.55. The summed E-state index contributed by atoms with van der Waals surface area (Å²) in [4.78, 5) is 21.5. The molecular weight excluding hydrogens is 496 g/mol. The van der Waals surface area contributed by atoms with E-state index in [1.54, 1.807) is 23.4 Å². The Morgan fingerprint density at radius 3 is 2.56 bits per heavy atom. The highest BCUT2D eigenvalue weighted by Crippen LogP contribution is 2.30. The number of likely N-dealkylation sites (tertiary alicyclic amines) is 2. The number of halogens is 2. The van der Waals surface area contributed by atoms with E-state index >= 15 is 0 Å². The van der Waals surface area contributed by atoms with E-state index < -0.39 is 5.92 Å². The lowest BCUT2D eigenvalue weighted by Gasteiger charge is -2.16. The second-order valence-electron chi connectivity index (χ2n) is 10.4. The summed E-state index contributed by atoms with van der Waals surface area (Å²) < 4.78 is 27.2. The lowest BCUT2D eigenvalue weighted by atomic mass is 9.98. The van der Waals surface area contributed by atoms with Gasteiger partial charge in [-0.05, 0) is 73.8 Å². The first kappa shape index (κ1) is 28.4. The number of nitrogen functional groups attached to an aromatic ring is 1. The molecule has 206 valence electrons. The third-order valence-electron chi connectivity index (χ3n) is 7.13. The van der Waals surface area contributed by atoms with Gasteiger partial charge in [0, 0.05) is 66.5 Å². The molecule has 8 heteroatoms. The Morgan fingerprint density at radius 1 is 1.10 bits per heavy atom. The zero-order valence-corrected chi connectivity index (χ0v) is 22.6. The van der Waals surface area contributed by atoms with Gasteiger partial charge in [0.25, 0.3) is 11.8 Å². The molecular formula is C31H37F2N5O. The predicted molar refractivity (Wildman–Crippen MR) is 154 cm³/mol. The monoisotopic (exact) mass is 533 g/mol. The van der Waals surface area contributed by atoms with Crippen LogP contribution in [-0.2, 0) is 11.3 Å². The molecule has 1 aromatic carbocycles. The quantitative estimate of drug-likeness (QED) is 0.243. The zero-order chi connectivity index (χ0) is 28.0. The van der Waals surface area contributed by atoms with Crippen molar-refractivity contribution in [3.8, 4) is 11.1 Å². The third-order valence-corrected chi connectivity index (χ3v) is 7.13. The number of allylic oxidation sites excluding steroid dienone is 2. The summed E-state index contributed by atoms with van der Waals surface area (Å²) in [5, 5.41) is 2.90. The molecule has 0 radical (unpaired) electrons. The molecule has 0 unspecified atom stereocenters. The average molecular weight is 534 g/mol. The number of nitrogens with one attached hydrogen (secondary N) is 1. The minimum Gasteiger partial charge on any atom is -0.398 e. The van der Waals surface area contributed by atoms with Crippen molar-refractivity contribution in [3.63, 3.8) is 0 Å². The van der Waals surface area contributed by atoms with Gasteiger partial charge in [-0.3, -0.25) is 19.6 Å². The summed E-state index contributed by atoms with van der Waals surface area (Å²) >= 11 is 0. The van der Waals surface area contributed by atoms with Gasteiger partial charge in [0.15, 0.2) is 0 Å². The molecule has 4 rings (SSSR count). The number of hydrogen-bond acceptors (Lipinski definition) is 5. The maximum Gasteiger partial charge on any atom is 0.261 e. The molecule has 2 saturated heterocycles. The number of nitrogens with two attached hydrogens (primary N) is 1. The molecule has 2 fully saturated rings. The molecule has 0 bridgehead atoms. The normalized spacial score (nSPS) is 18.1. The van der Waals surface area contributed by atoms with E-state index in [0.29, 0.717) is 30.0 Å². The largest absolute Gasteiger partial charge is 0.398 e. The van der Waals surface area contributed by atoms with Crippen molar-refractivity contribution in [1.29, 1.82) is 0 Å². The van der Waals surface area contributed by atoms with Crippen LogP contribution in [0, 0.1) is 0 Å². The smallest absolute Gasteiger partial charge is 0.261 e. The number of benzene rings is 1. The first-order chi connectivity index (χ1) is 18.6. The number of nitrogens with zero attached hydrogens (tertiary/aromatic N) is 3. The van der Waals surface area contributed by atoms with Gasteiger partial charge in [-0.2, -0.15) is 0 Å². The van der Waals surface area contributed by atoms with Crippen molar-refractivity contribution < 1.29 is 13.6 Å². The van der Waals surface area contributed by atoms with Crippen molar-refractivity contribution in [2.45, 2.75) is 38.7 Å². The van der Waals surface area contributed by atoms with Crippen molar-refractivity contribution in [1.82, 2.24) is 20.1 Å². The summed E-state index contributed by atoms with van der Waals surface area (Å²) in [6.07, 6.45) is 11.3. The van der Waals surface area contributed by atoms with Crippen molar-refractivity contribution in [2.75, 3.05) is 38.5 Å². The van der Waals surface area contributed by atoms with Crippen LogP contribution in [0.15, 0.2) is 79.3 Å². The molecule has 0 atom stereocenters. The van der Waals surface area contributed by atoms with Crippen LogP contribution < -0.4 is 11.1 Å². The molecule has 3 heterocycles. The molecule has 3 N–H and O–H groups in total. The first-order valence-corrected chi connectivity index (χ1v) is 13.3. The Kier molecular flexibility index (Phi) is 9.09. The summed E-state index contributed by atoms with van der Waals surface area (Å²) in [5.41, 5.74) is 11.5. The minimum atomic E-state index is -2.64. The third kappa shape index (κ3) is 7.71. The predicted octanol–water partition coefficient (Wildman–Crippen LogP) is 5.41. The van der Waals surface area contributed by atoms with Crippen LogP contribution in [0.1, 0.15) is 37.3 Å². The second kappa shape index (κ2) is 12.5. The van der Waals surface area contributed by atoms with Gasteiger partial charge >= 0.3 is 0 Å². The zero-order valence-electron chi connectivity index (χ0n) is 22.6. The van der Waals surface area contributed by atoms with Crippen LogP contribution in [0.25, 0.3) is 16.7 Å². The second-order valence-corrected chi connectivity index (χ2v) is 10.4. The van der Waals surface area contributed by atoms with Crippen LogP contribution in [0.2, 0.25) is 0 Å². The van der Waals surface area contributed by atoms with Crippen LogP contribution in [0.5, 0.6) is 0 Å². The lowest BCUT2D eigenvalue weighted by Crippen LogP contribution is -2.24. The number of aromatic nitrogens is 1. The molecule has 0 saturated carbocycles. The van der Waals surface area contributed by atoms with Gasteiger partial charge < -0.3 is 11.1 Å². The maximum atomic E-state index is 13.6. The number of carbonyl (C=O) groups is 1. The van der Waals surface area contributed by atoms with Gasteiger partial charge in [0.1, 0.15) is 0 Å². The van der Waals surface area contributed by atoms with E-state index in [1.165, 1.54) is 12.8 Å². The Hall–Kier alpha value is -3.62. The minimum absolute atomic E-state index is 0.121. The fraction of sp³-hybridized carbons (Fsp3) is 0.355. The molecule has 0 aliphatic carbocycles. The highest BCUT2D eigenvalue weighted by molar-refractivity contribution is 6.20.